The van der Waals surface area contributed by atoms with Crippen LogP contribution in [0.2, 0.25) is 0 Å². The van der Waals surface area contributed by atoms with Gasteiger partial charge in [-0.15, -0.1) is 0 Å². The Balaban J connectivity index is 2.02. The SMILES string of the molecule is CC(CCCC(C)C(=O)O)NCC1CCCCO1. The average Bonchev–Trinajstić information content (AvgIpc) is 2.37. The summed E-state index contributed by atoms with van der Waals surface area (Å²) in [5.41, 5.74) is 0. The molecule has 1 fully saturated rings. The van der Waals surface area contributed by atoms with Crippen LogP contribution in [0.1, 0.15) is 52.4 Å². The fourth-order valence-electron chi connectivity index (χ4n) is 2.26. The van der Waals surface area contributed by atoms with E-state index in [2.05, 4.69) is 12.2 Å². The summed E-state index contributed by atoms with van der Waals surface area (Å²) in [7, 11) is 0. The van der Waals surface area contributed by atoms with Gasteiger partial charge in [0.1, 0.15) is 0 Å². The van der Waals surface area contributed by atoms with E-state index in [0.717, 1.165) is 38.8 Å². The minimum Gasteiger partial charge on any atom is -0.481 e. The molecule has 2 N–H and O–H groups in total. The quantitative estimate of drug-likeness (QED) is 0.701. The third-order valence-corrected chi connectivity index (χ3v) is 3.66. The number of carbonyl (C=O) groups is 1. The van der Waals surface area contributed by atoms with Gasteiger partial charge < -0.3 is 15.2 Å². The van der Waals surface area contributed by atoms with Crippen LogP contribution in [0.5, 0.6) is 0 Å². The van der Waals surface area contributed by atoms with Crippen molar-refractivity contribution in [1.82, 2.24) is 5.32 Å². The molecular weight excluding hydrogens is 230 g/mol. The number of nitrogens with one attached hydrogen (secondary N) is 1. The van der Waals surface area contributed by atoms with Gasteiger partial charge in [0.2, 0.25) is 0 Å². The second kappa shape index (κ2) is 8.48. The first-order valence-electron chi connectivity index (χ1n) is 7.17. The Morgan fingerprint density at radius 2 is 2.17 bits per heavy atom. The molecule has 0 aromatic carbocycles. The van der Waals surface area contributed by atoms with Crippen LogP contribution in [0.25, 0.3) is 0 Å². The van der Waals surface area contributed by atoms with Gasteiger partial charge in [0.15, 0.2) is 0 Å². The van der Waals surface area contributed by atoms with Crippen LogP contribution in [0.3, 0.4) is 0 Å². The molecule has 0 aromatic rings. The molecule has 1 aliphatic rings. The average molecular weight is 257 g/mol. The highest BCUT2D eigenvalue weighted by atomic mass is 16.5. The lowest BCUT2D eigenvalue weighted by molar-refractivity contribution is -0.141. The molecule has 0 bridgehead atoms. The van der Waals surface area contributed by atoms with Crippen molar-refractivity contribution in [3.8, 4) is 0 Å². The highest BCUT2D eigenvalue weighted by Gasteiger charge is 2.15. The second-order valence-corrected chi connectivity index (χ2v) is 5.47. The van der Waals surface area contributed by atoms with Crippen LogP contribution in [-0.4, -0.2) is 36.4 Å². The zero-order valence-corrected chi connectivity index (χ0v) is 11.7. The first kappa shape index (κ1) is 15.4. The Labute approximate surface area is 110 Å². The van der Waals surface area contributed by atoms with Gasteiger partial charge in [0, 0.05) is 19.2 Å². The summed E-state index contributed by atoms with van der Waals surface area (Å²) in [5, 5.41) is 12.3. The molecule has 0 saturated carbocycles. The number of ether oxygens (including phenoxy) is 1. The molecule has 18 heavy (non-hydrogen) atoms. The molecule has 1 saturated heterocycles. The minimum absolute atomic E-state index is 0.223. The monoisotopic (exact) mass is 257 g/mol. The van der Waals surface area contributed by atoms with E-state index in [9.17, 15) is 4.79 Å². The number of hydrogen-bond acceptors (Lipinski definition) is 3. The van der Waals surface area contributed by atoms with Crippen molar-refractivity contribution in [3.05, 3.63) is 0 Å². The first-order chi connectivity index (χ1) is 8.59. The van der Waals surface area contributed by atoms with Crippen LogP contribution >= 0.6 is 0 Å². The lowest BCUT2D eigenvalue weighted by Gasteiger charge is -2.24. The fraction of sp³-hybridized carbons (Fsp3) is 0.929. The Morgan fingerprint density at radius 3 is 2.78 bits per heavy atom. The molecule has 106 valence electrons. The van der Waals surface area contributed by atoms with Gasteiger partial charge in [0.05, 0.1) is 12.0 Å². The van der Waals surface area contributed by atoms with Crippen LogP contribution in [0.4, 0.5) is 0 Å². The molecule has 0 aliphatic carbocycles. The molecule has 0 amide bonds. The highest BCUT2D eigenvalue weighted by Crippen LogP contribution is 2.13. The largest absolute Gasteiger partial charge is 0.481 e. The summed E-state index contributed by atoms with van der Waals surface area (Å²) in [4.78, 5) is 10.7. The van der Waals surface area contributed by atoms with E-state index in [1.807, 2.05) is 0 Å². The first-order valence-corrected chi connectivity index (χ1v) is 7.17. The summed E-state index contributed by atoms with van der Waals surface area (Å²) in [6.07, 6.45) is 6.77. The van der Waals surface area contributed by atoms with E-state index < -0.39 is 5.97 Å². The molecule has 1 rings (SSSR count). The molecular formula is C14H27NO3. The predicted octanol–water partition coefficient (Wildman–Crippen LogP) is 2.42. The maximum atomic E-state index is 10.7. The maximum Gasteiger partial charge on any atom is 0.306 e. The van der Waals surface area contributed by atoms with E-state index in [1.54, 1.807) is 6.92 Å². The number of carboxylic acids is 1. The van der Waals surface area contributed by atoms with Crippen LogP contribution in [-0.2, 0) is 9.53 Å². The predicted molar refractivity (Wildman–Crippen MR) is 71.7 cm³/mol. The molecule has 4 heteroatoms. The number of rotatable bonds is 8. The van der Waals surface area contributed by atoms with Gasteiger partial charge in [-0.05, 0) is 39.0 Å². The van der Waals surface area contributed by atoms with Crippen molar-refractivity contribution in [1.29, 1.82) is 0 Å². The van der Waals surface area contributed by atoms with Crippen molar-refractivity contribution in [3.63, 3.8) is 0 Å². The standard InChI is InChI=1S/C14H27NO3/c1-11(14(16)17)6-5-7-12(2)15-10-13-8-3-4-9-18-13/h11-13,15H,3-10H2,1-2H3,(H,16,17). The molecule has 0 radical (unpaired) electrons. The normalized spacial score (nSPS) is 23.6. The van der Waals surface area contributed by atoms with Crippen LogP contribution in [0, 0.1) is 5.92 Å². The van der Waals surface area contributed by atoms with Crippen molar-refractivity contribution >= 4 is 5.97 Å². The van der Waals surface area contributed by atoms with Crippen molar-refractivity contribution < 1.29 is 14.6 Å². The molecule has 3 unspecified atom stereocenters. The number of hydrogen-bond donors (Lipinski definition) is 2. The zero-order valence-electron chi connectivity index (χ0n) is 11.7. The van der Waals surface area contributed by atoms with Crippen LogP contribution in [0.15, 0.2) is 0 Å². The minimum atomic E-state index is -0.689. The lowest BCUT2D eigenvalue weighted by Crippen LogP contribution is -2.36. The summed E-state index contributed by atoms with van der Waals surface area (Å²) >= 11 is 0. The van der Waals surface area contributed by atoms with Crippen molar-refractivity contribution in [2.75, 3.05) is 13.2 Å². The van der Waals surface area contributed by atoms with Gasteiger partial charge in [-0.1, -0.05) is 13.3 Å². The zero-order chi connectivity index (χ0) is 13.4. The molecule has 0 spiro atoms. The summed E-state index contributed by atoms with van der Waals surface area (Å²) in [6.45, 7) is 5.76. The Bertz CT molecular complexity index is 239. The Kier molecular flexibility index (Phi) is 7.28. The summed E-state index contributed by atoms with van der Waals surface area (Å²) in [6, 6.07) is 0.441. The smallest absolute Gasteiger partial charge is 0.306 e. The van der Waals surface area contributed by atoms with Gasteiger partial charge in [0.25, 0.3) is 0 Å². The maximum absolute atomic E-state index is 10.7. The topological polar surface area (TPSA) is 58.6 Å². The van der Waals surface area contributed by atoms with Gasteiger partial charge >= 0.3 is 5.97 Å². The molecule has 1 aliphatic heterocycles. The molecule has 4 nitrogen and oxygen atoms in total. The molecule has 0 aromatic heterocycles. The van der Waals surface area contributed by atoms with Gasteiger partial charge in [-0.25, -0.2) is 0 Å². The molecule has 3 atom stereocenters. The van der Waals surface area contributed by atoms with Crippen molar-refractivity contribution in [2.45, 2.75) is 64.5 Å². The Hall–Kier alpha value is -0.610. The van der Waals surface area contributed by atoms with E-state index >= 15 is 0 Å². The van der Waals surface area contributed by atoms with Crippen molar-refractivity contribution in [2.24, 2.45) is 5.92 Å². The fourth-order valence-corrected chi connectivity index (χ4v) is 2.26. The Morgan fingerprint density at radius 1 is 1.39 bits per heavy atom. The van der Waals surface area contributed by atoms with E-state index in [0.29, 0.717) is 12.1 Å². The van der Waals surface area contributed by atoms with E-state index in [1.165, 1.54) is 12.8 Å². The van der Waals surface area contributed by atoms with Gasteiger partial charge in [-0.2, -0.15) is 0 Å². The van der Waals surface area contributed by atoms with Gasteiger partial charge in [-0.3, -0.25) is 4.79 Å². The molecule has 1 heterocycles. The third-order valence-electron chi connectivity index (χ3n) is 3.66. The van der Waals surface area contributed by atoms with E-state index in [4.69, 9.17) is 9.84 Å². The van der Waals surface area contributed by atoms with Crippen LogP contribution < -0.4 is 5.32 Å². The lowest BCUT2D eigenvalue weighted by atomic mass is 10.0. The number of carboxylic acid groups (broad SMARTS) is 1. The summed E-state index contributed by atoms with van der Waals surface area (Å²) < 4.78 is 5.66. The van der Waals surface area contributed by atoms with E-state index in [-0.39, 0.29) is 5.92 Å². The summed E-state index contributed by atoms with van der Waals surface area (Å²) in [5.74, 6) is -0.912. The third kappa shape index (κ3) is 6.36. The second-order valence-electron chi connectivity index (χ2n) is 5.47. The highest BCUT2D eigenvalue weighted by molar-refractivity contribution is 5.69. The number of aliphatic carboxylic acids is 1.